The van der Waals surface area contributed by atoms with Gasteiger partial charge in [-0.05, 0) is 43.9 Å². The summed E-state index contributed by atoms with van der Waals surface area (Å²) >= 11 is 0. The molecule has 0 atom stereocenters. The van der Waals surface area contributed by atoms with Gasteiger partial charge in [-0.15, -0.1) is 0 Å². The lowest BCUT2D eigenvalue weighted by Crippen LogP contribution is -2.31. The maximum absolute atomic E-state index is 12.2. The Bertz CT molecular complexity index is 479. The second kappa shape index (κ2) is 4.61. The summed E-state index contributed by atoms with van der Waals surface area (Å²) in [6.07, 6.45) is 1.75. The first-order valence-electron chi connectivity index (χ1n) is 6.19. The molecule has 4 heteroatoms. The largest absolute Gasteiger partial charge is 0.494 e. The molecule has 0 aliphatic heterocycles. The first kappa shape index (κ1) is 12.9. The predicted octanol–water partition coefficient (Wildman–Crippen LogP) is 1.99. The van der Waals surface area contributed by atoms with E-state index in [1.165, 1.54) is 0 Å². The number of carbonyl (C=O) groups is 1. The number of amides is 1. The molecule has 0 unspecified atom stereocenters. The van der Waals surface area contributed by atoms with Crippen LogP contribution in [0.3, 0.4) is 0 Å². The lowest BCUT2D eigenvalue weighted by Gasteiger charge is -2.17. The molecule has 0 radical (unpaired) electrons. The molecule has 1 aromatic rings. The van der Waals surface area contributed by atoms with E-state index in [4.69, 9.17) is 10.5 Å². The number of aryl methyl sites for hydroxylation is 2. The quantitative estimate of drug-likeness (QED) is 0.856. The van der Waals surface area contributed by atoms with Crippen LogP contribution in [-0.4, -0.2) is 19.6 Å². The van der Waals surface area contributed by atoms with E-state index < -0.39 is 0 Å². The molecule has 2 rings (SSSR count). The SMILES string of the molecule is COc1c(C)cc(C)cc1NC(=O)C1(CN)CC1. The Kier molecular flexibility index (Phi) is 3.30. The average Bonchev–Trinajstić information content (AvgIpc) is 3.09. The third-order valence-corrected chi connectivity index (χ3v) is 3.60. The Labute approximate surface area is 108 Å². The number of methoxy groups -OCH3 is 1. The topological polar surface area (TPSA) is 64.3 Å². The van der Waals surface area contributed by atoms with E-state index in [1.54, 1.807) is 7.11 Å². The van der Waals surface area contributed by atoms with Crippen molar-refractivity contribution in [2.24, 2.45) is 11.1 Å². The summed E-state index contributed by atoms with van der Waals surface area (Å²) in [5, 5.41) is 2.95. The molecular formula is C14H20N2O2. The van der Waals surface area contributed by atoms with Gasteiger partial charge in [-0.2, -0.15) is 0 Å². The van der Waals surface area contributed by atoms with Crippen LogP contribution in [0.4, 0.5) is 5.69 Å². The monoisotopic (exact) mass is 248 g/mol. The Morgan fingerprint density at radius 3 is 2.61 bits per heavy atom. The van der Waals surface area contributed by atoms with Crippen molar-refractivity contribution in [3.05, 3.63) is 23.3 Å². The van der Waals surface area contributed by atoms with Crippen molar-refractivity contribution in [3.63, 3.8) is 0 Å². The number of carbonyl (C=O) groups excluding carboxylic acids is 1. The van der Waals surface area contributed by atoms with Crippen LogP contribution < -0.4 is 15.8 Å². The highest BCUT2D eigenvalue weighted by molar-refractivity contribution is 5.98. The minimum absolute atomic E-state index is 0.00769. The number of hydrogen-bond donors (Lipinski definition) is 2. The summed E-state index contributed by atoms with van der Waals surface area (Å²) in [5.41, 5.74) is 8.17. The van der Waals surface area contributed by atoms with Crippen LogP contribution in [0.5, 0.6) is 5.75 Å². The predicted molar refractivity (Wildman–Crippen MR) is 71.8 cm³/mol. The molecule has 1 aromatic carbocycles. The zero-order chi connectivity index (χ0) is 13.3. The van der Waals surface area contributed by atoms with Crippen molar-refractivity contribution in [3.8, 4) is 5.75 Å². The lowest BCUT2D eigenvalue weighted by molar-refractivity contribution is -0.120. The fraction of sp³-hybridized carbons (Fsp3) is 0.500. The summed E-state index contributed by atoms with van der Waals surface area (Å²) in [7, 11) is 1.61. The van der Waals surface area contributed by atoms with Crippen molar-refractivity contribution < 1.29 is 9.53 Å². The molecule has 1 saturated carbocycles. The summed E-state index contributed by atoms with van der Waals surface area (Å²) in [6.45, 7) is 4.38. The fourth-order valence-corrected chi connectivity index (χ4v) is 2.25. The second-order valence-corrected chi connectivity index (χ2v) is 5.10. The maximum Gasteiger partial charge on any atom is 0.231 e. The van der Waals surface area contributed by atoms with Crippen LogP contribution in [0.25, 0.3) is 0 Å². The van der Waals surface area contributed by atoms with E-state index in [-0.39, 0.29) is 11.3 Å². The zero-order valence-electron chi connectivity index (χ0n) is 11.2. The summed E-state index contributed by atoms with van der Waals surface area (Å²) in [6, 6.07) is 3.96. The number of nitrogens with one attached hydrogen (secondary N) is 1. The van der Waals surface area contributed by atoms with Gasteiger partial charge >= 0.3 is 0 Å². The number of ether oxygens (including phenoxy) is 1. The van der Waals surface area contributed by atoms with Gasteiger partial charge in [0, 0.05) is 6.54 Å². The van der Waals surface area contributed by atoms with E-state index in [2.05, 4.69) is 5.32 Å². The Balaban J connectivity index is 2.26. The zero-order valence-corrected chi connectivity index (χ0v) is 11.2. The molecule has 0 saturated heterocycles. The van der Waals surface area contributed by atoms with Crippen molar-refractivity contribution in [2.75, 3.05) is 19.0 Å². The van der Waals surface area contributed by atoms with E-state index in [0.29, 0.717) is 6.54 Å². The number of nitrogens with two attached hydrogens (primary N) is 1. The minimum atomic E-state index is -0.345. The third-order valence-electron chi connectivity index (χ3n) is 3.60. The molecular weight excluding hydrogens is 228 g/mol. The van der Waals surface area contributed by atoms with E-state index >= 15 is 0 Å². The molecule has 4 nitrogen and oxygen atoms in total. The maximum atomic E-state index is 12.2. The molecule has 98 valence electrons. The van der Waals surface area contributed by atoms with Gasteiger partial charge in [-0.25, -0.2) is 0 Å². The average molecular weight is 248 g/mol. The van der Waals surface area contributed by atoms with Crippen molar-refractivity contribution in [1.82, 2.24) is 0 Å². The lowest BCUT2D eigenvalue weighted by atomic mass is 10.1. The molecule has 1 fully saturated rings. The van der Waals surface area contributed by atoms with Crippen LogP contribution in [0.15, 0.2) is 12.1 Å². The van der Waals surface area contributed by atoms with Gasteiger partial charge in [-0.3, -0.25) is 4.79 Å². The number of anilines is 1. The summed E-state index contributed by atoms with van der Waals surface area (Å²) in [4.78, 5) is 12.2. The van der Waals surface area contributed by atoms with E-state index in [9.17, 15) is 4.79 Å². The molecule has 1 aliphatic carbocycles. The highest BCUT2D eigenvalue weighted by Gasteiger charge is 2.48. The van der Waals surface area contributed by atoms with Crippen LogP contribution in [0, 0.1) is 19.3 Å². The molecule has 1 amide bonds. The number of rotatable bonds is 4. The standard InChI is InChI=1S/C14H20N2O2/c1-9-6-10(2)12(18-3)11(7-9)16-13(17)14(8-15)4-5-14/h6-7H,4-5,8,15H2,1-3H3,(H,16,17). The van der Waals surface area contributed by atoms with Gasteiger partial charge in [0.1, 0.15) is 5.75 Å². The highest BCUT2D eigenvalue weighted by Crippen LogP contribution is 2.46. The van der Waals surface area contributed by atoms with Crippen LogP contribution >= 0.6 is 0 Å². The molecule has 0 bridgehead atoms. The third kappa shape index (κ3) is 2.20. The highest BCUT2D eigenvalue weighted by atomic mass is 16.5. The van der Waals surface area contributed by atoms with Gasteiger partial charge in [0.15, 0.2) is 0 Å². The Morgan fingerprint density at radius 1 is 1.44 bits per heavy atom. The van der Waals surface area contributed by atoms with Gasteiger partial charge in [-0.1, -0.05) is 6.07 Å². The van der Waals surface area contributed by atoms with Crippen LogP contribution in [-0.2, 0) is 4.79 Å². The molecule has 1 aliphatic rings. The van der Waals surface area contributed by atoms with Crippen molar-refractivity contribution in [1.29, 1.82) is 0 Å². The molecule has 0 heterocycles. The Morgan fingerprint density at radius 2 is 2.11 bits per heavy atom. The molecule has 0 spiro atoms. The van der Waals surface area contributed by atoms with Gasteiger partial charge in [0.25, 0.3) is 0 Å². The summed E-state index contributed by atoms with van der Waals surface area (Å²) in [5.74, 6) is 0.732. The Hall–Kier alpha value is -1.55. The van der Waals surface area contributed by atoms with Gasteiger partial charge < -0.3 is 15.8 Å². The van der Waals surface area contributed by atoms with Crippen molar-refractivity contribution >= 4 is 11.6 Å². The van der Waals surface area contributed by atoms with E-state index in [1.807, 2.05) is 26.0 Å². The number of benzene rings is 1. The molecule has 3 N–H and O–H groups in total. The first-order valence-corrected chi connectivity index (χ1v) is 6.19. The van der Waals surface area contributed by atoms with Gasteiger partial charge in [0.2, 0.25) is 5.91 Å². The summed E-state index contributed by atoms with van der Waals surface area (Å²) < 4.78 is 5.35. The minimum Gasteiger partial charge on any atom is -0.494 e. The first-order chi connectivity index (χ1) is 8.52. The smallest absolute Gasteiger partial charge is 0.231 e. The second-order valence-electron chi connectivity index (χ2n) is 5.10. The van der Waals surface area contributed by atoms with E-state index in [0.717, 1.165) is 35.4 Å². The fourth-order valence-electron chi connectivity index (χ4n) is 2.25. The molecule has 0 aromatic heterocycles. The van der Waals surface area contributed by atoms with Crippen LogP contribution in [0.1, 0.15) is 24.0 Å². The molecule has 18 heavy (non-hydrogen) atoms. The van der Waals surface area contributed by atoms with Crippen molar-refractivity contribution in [2.45, 2.75) is 26.7 Å². The van der Waals surface area contributed by atoms with Gasteiger partial charge in [0.05, 0.1) is 18.2 Å². The number of hydrogen-bond acceptors (Lipinski definition) is 3. The normalized spacial score (nSPS) is 16.2. The van der Waals surface area contributed by atoms with Crippen LogP contribution in [0.2, 0.25) is 0 Å².